The van der Waals surface area contributed by atoms with Crippen LogP contribution < -0.4 is 10.6 Å². The first-order valence-electron chi connectivity index (χ1n) is 12.9. The van der Waals surface area contributed by atoms with E-state index in [0.717, 1.165) is 62.3 Å². The van der Waals surface area contributed by atoms with Gasteiger partial charge in [-0.1, -0.05) is 12.1 Å². The predicted octanol–water partition coefficient (Wildman–Crippen LogP) is 2.85. The average molecular weight is 491 g/mol. The van der Waals surface area contributed by atoms with Crippen molar-refractivity contribution < 1.29 is 14.7 Å². The van der Waals surface area contributed by atoms with Crippen LogP contribution in [0.15, 0.2) is 36.5 Å². The largest absolute Gasteiger partial charge is 0.480 e. The Morgan fingerprint density at radius 1 is 1.28 bits per heavy atom. The molecular formula is C27H34N6O3. The van der Waals surface area contributed by atoms with Gasteiger partial charge in [0.2, 0.25) is 0 Å². The standard InChI is InChI=1S/C27H34N6O3/c1-32-24-6-2-5-21(22(24)16-29-32)26(34)31-23(27(35)36)12-15-33-14-11-18(17-33)7-9-20-10-8-19-4-3-13-28-25(19)30-20/h2,5-6,8,10,16,18,23H,3-4,7,9,11-15,17H2,1H3,(H,28,30)(H,31,34)(H,35,36)/t18-,23+/m1/s1. The fraction of sp³-hybridized carbons (Fsp3) is 0.481. The predicted molar refractivity (Wildman–Crippen MR) is 138 cm³/mol. The number of aromatic nitrogens is 3. The van der Waals surface area contributed by atoms with Gasteiger partial charge in [0, 0.05) is 37.8 Å². The number of rotatable bonds is 9. The van der Waals surface area contributed by atoms with Crippen LogP contribution in [0.25, 0.3) is 10.9 Å². The Bertz CT molecular complexity index is 1260. The minimum absolute atomic E-state index is 0.370. The summed E-state index contributed by atoms with van der Waals surface area (Å²) < 4.78 is 1.70. The molecule has 9 heteroatoms. The van der Waals surface area contributed by atoms with Gasteiger partial charge in [-0.3, -0.25) is 9.48 Å². The Balaban J connectivity index is 1.11. The van der Waals surface area contributed by atoms with Crippen LogP contribution in [0.1, 0.15) is 47.3 Å². The Morgan fingerprint density at radius 2 is 2.17 bits per heavy atom. The van der Waals surface area contributed by atoms with Gasteiger partial charge in [0.05, 0.1) is 17.3 Å². The van der Waals surface area contributed by atoms with Gasteiger partial charge in [0.15, 0.2) is 0 Å². The van der Waals surface area contributed by atoms with E-state index in [1.54, 1.807) is 23.0 Å². The number of carboxylic acids is 1. The van der Waals surface area contributed by atoms with Crippen molar-refractivity contribution >= 4 is 28.6 Å². The second-order valence-electron chi connectivity index (χ2n) is 9.99. The number of hydrogen-bond acceptors (Lipinski definition) is 6. The van der Waals surface area contributed by atoms with Gasteiger partial charge < -0.3 is 20.6 Å². The van der Waals surface area contributed by atoms with Gasteiger partial charge in [-0.15, -0.1) is 0 Å². The molecule has 0 unspecified atom stereocenters. The Labute approximate surface area is 210 Å². The van der Waals surface area contributed by atoms with E-state index in [1.807, 2.05) is 13.1 Å². The normalized spacial score (nSPS) is 18.5. The third-order valence-electron chi connectivity index (χ3n) is 7.50. The molecule has 2 atom stereocenters. The van der Waals surface area contributed by atoms with E-state index in [1.165, 1.54) is 12.0 Å². The molecule has 1 amide bonds. The lowest BCUT2D eigenvalue weighted by Gasteiger charge is -2.20. The molecule has 0 aliphatic carbocycles. The molecule has 2 aromatic heterocycles. The molecule has 4 heterocycles. The molecule has 1 aromatic carbocycles. The number of carbonyl (C=O) groups is 2. The zero-order chi connectivity index (χ0) is 25.1. The molecule has 5 rings (SSSR count). The summed E-state index contributed by atoms with van der Waals surface area (Å²) in [5, 5.41) is 20.8. The number of likely N-dealkylation sites (tertiary alicyclic amines) is 1. The smallest absolute Gasteiger partial charge is 0.326 e. The number of nitrogens with zero attached hydrogens (tertiary/aromatic N) is 4. The summed E-state index contributed by atoms with van der Waals surface area (Å²) >= 11 is 0. The maximum absolute atomic E-state index is 12.9. The highest BCUT2D eigenvalue weighted by molar-refractivity contribution is 6.07. The number of aryl methyl sites for hydroxylation is 3. The van der Waals surface area contributed by atoms with Crippen LogP contribution in [0.3, 0.4) is 0 Å². The number of hydrogen-bond donors (Lipinski definition) is 3. The van der Waals surface area contributed by atoms with Crippen molar-refractivity contribution in [3.05, 3.63) is 53.3 Å². The number of carboxylic acid groups (broad SMARTS) is 1. The van der Waals surface area contributed by atoms with Gasteiger partial charge in [0.25, 0.3) is 5.91 Å². The maximum atomic E-state index is 12.9. The molecule has 3 N–H and O–H groups in total. The monoisotopic (exact) mass is 490 g/mol. The van der Waals surface area contributed by atoms with E-state index in [0.29, 0.717) is 29.8 Å². The highest BCUT2D eigenvalue weighted by Crippen LogP contribution is 2.24. The van der Waals surface area contributed by atoms with E-state index >= 15 is 0 Å². The van der Waals surface area contributed by atoms with Crippen LogP contribution in [0.4, 0.5) is 5.82 Å². The lowest BCUT2D eigenvalue weighted by atomic mass is 10.00. The Hall–Kier alpha value is -3.46. The van der Waals surface area contributed by atoms with Gasteiger partial charge >= 0.3 is 5.97 Å². The summed E-state index contributed by atoms with van der Waals surface area (Å²) in [7, 11) is 1.81. The highest BCUT2D eigenvalue weighted by atomic mass is 16.4. The van der Waals surface area contributed by atoms with Crippen LogP contribution in [0, 0.1) is 5.92 Å². The second-order valence-corrected chi connectivity index (χ2v) is 9.99. The first kappa shape index (κ1) is 24.2. The zero-order valence-electron chi connectivity index (χ0n) is 20.7. The van der Waals surface area contributed by atoms with Crippen LogP contribution in [-0.2, 0) is 24.7 Å². The summed E-state index contributed by atoms with van der Waals surface area (Å²) in [4.78, 5) is 31.9. The van der Waals surface area contributed by atoms with Crippen molar-refractivity contribution in [1.29, 1.82) is 0 Å². The van der Waals surface area contributed by atoms with Crippen LogP contribution in [0.2, 0.25) is 0 Å². The van der Waals surface area contributed by atoms with E-state index in [-0.39, 0.29) is 5.91 Å². The molecule has 1 fully saturated rings. The van der Waals surface area contributed by atoms with Crippen molar-refractivity contribution in [3.63, 3.8) is 0 Å². The molecule has 190 valence electrons. The van der Waals surface area contributed by atoms with E-state index in [9.17, 15) is 14.7 Å². The van der Waals surface area contributed by atoms with Gasteiger partial charge in [-0.05, 0) is 74.8 Å². The number of carbonyl (C=O) groups excluding carboxylic acids is 1. The quantitative estimate of drug-likeness (QED) is 0.423. The Morgan fingerprint density at radius 3 is 3.03 bits per heavy atom. The first-order chi connectivity index (χ1) is 17.5. The molecular weight excluding hydrogens is 456 g/mol. The third-order valence-corrected chi connectivity index (χ3v) is 7.50. The SMILES string of the molecule is Cn1ncc2c(C(=O)N[C@@H](CCN3CC[C@@H](CCc4ccc5c(n4)NCCC5)C3)C(=O)O)cccc21. The molecule has 1 saturated heterocycles. The number of pyridine rings is 1. The number of anilines is 1. The van der Waals surface area contributed by atoms with Gasteiger partial charge in [0.1, 0.15) is 11.9 Å². The van der Waals surface area contributed by atoms with Crippen LogP contribution in [-0.4, -0.2) is 68.9 Å². The fourth-order valence-corrected chi connectivity index (χ4v) is 5.39. The number of nitrogens with one attached hydrogen (secondary N) is 2. The molecule has 3 aromatic rings. The fourth-order valence-electron chi connectivity index (χ4n) is 5.39. The molecule has 0 saturated carbocycles. The topological polar surface area (TPSA) is 112 Å². The molecule has 36 heavy (non-hydrogen) atoms. The minimum atomic E-state index is -1.01. The molecule has 2 aliphatic heterocycles. The van der Waals surface area contributed by atoms with Crippen molar-refractivity contribution in [3.8, 4) is 0 Å². The van der Waals surface area contributed by atoms with Crippen molar-refractivity contribution in [2.24, 2.45) is 13.0 Å². The number of aliphatic carboxylic acids is 1. The average Bonchev–Trinajstić information content (AvgIpc) is 3.51. The van der Waals surface area contributed by atoms with Crippen molar-refractivity contribution in [2.75, 3.05) is 31.5 Å². The van der Waals surface area contributed by atoms with E-state index < -0.39 is 12.0 Å². The molecule has 9 nitrogen and oxygen atoms in total. The zero-order valence-corrected chi connectivity index (χ0v) is 20.7. The number of fused-ring (bicyclic) bond motifs is 2. The van der Waals surface area contributed by atoms with Crippen LogP contribution >= 0.6 is 0 Å². The second kappa shape index (κ2) is 10.7. The van der Waals surface area contributed by atoms with Gasteiger partial charge in [-0.25, -0.2) is 9.78 Å². The summed E-state index contributed by atoms with van der Waals surface area (Å²) in [6.45, 7) is 3.56. The lowest BCUT2D eigenvalue weighted by Crippen LogP contribution is -2.43. The highest BCUT2D eigenvalue weighted by Gasteiger charge is 2.26. The van der Waals surface area contributed by atoms with E-state index in [2.05, 4.69) is 32.8 Å². The van der Waals surface area contributed by atoms with E-state index in [4.69, 9.17) is 4.98 Å². The summed E-state index contributed by atoms with van der Waals surface area (Å²) in [6, 6.07) is 8.81. The lowest BCUT2D eigenvalue weighted by molar-refractivity contribution is -0.139. The van der Waals surface area contributed by atoms with Crippen LogP contribution in [0.5, 0.6) is 0 Å². The summed E-state index contributed by atoms with van der Waals surface area (Å²) in [5.74, 6) is 0.238. The first-order valence-corrected chi connectivity index (χ1v) is 12.9. The van der Waals surface area contributed by atoms with Gasteiger partial charge in [-0.2, -0.15) is 5.10 Å². The van der Waals surface area contributed by atoms with Crippen molar-refractivity contribution in [2.45, 2.75) is 44.6 Å². The minimum Gasteiger partial charge on any atom is -0.480 e. The molecule has 2 aliphatic rings. The molecule has 0 spiro atoms. The molecule has 0 bridgehead atoms. The summed E-state index contributed by atoms with van der Waals surface area (Å²) in [6.07, 6.45) is 7.42. The maximum Gasteiger partial charge on any atom is 0.326 e. The number of amides is 1. The third kappa shape index (κ3) is 5.36. The Kier molecular flexibility index (Phi) is 7.18. The summed E-state index contributed by atoms with van der Waals surface area (Å²) in [5.41, 5.74) is 3.73. The number of benzene rings is 1. The molecule has 0 radical (unpaired) electrons. The van der Waals surface area contributed by atoms with Crippen molar-refractivity contribution in [1.82, 2.24) is 25.0 Å².